The van der Waals surface area contributed by atoms with Crippen molar-refractivity contribution in [2.45, 2.75) is 18.9 Å². The van der Waals surface area contributed by atoms with Crippen LogP contribution in [0, 0.1) is 17.5 Å². The zero-order valence-corrected chi connectivity index (χ0v) is 16.5. The fourth-order valence-electron chi connectivity index (χ4n) is 3.19. The summed E-state index contributed by atoms with van der Waals surface area (Å²) >= 11 is 0. The fraction of sp³-hybridized carbons (Fsp3) is 0.333. The molecule has 1 saturated heterocycles. The minimum Gasteiger partial charge on any atom is -0.490 e. The van der Waals surface area contributed by atoms with E-state index >= 15 is 0 Å². The van der Waals surface area contributed by atoms with Crippen molar-refractivity contribution in [2.75, 3.05) is 32.0 Å². The lowest BCUT2D eigenvalue weighted by Gasteiger charge is -2.34. The van der Waals surface area contributed by atoms with Crippen LogP contribution in [0.3, 0.4) is 0 Å². The Morgan fingerprint density at radius 1 is 1.10 bits per heavy atom. The van der Waals surface area contributed by atoms with E-state index < -0.39 is 29.0 Å². The molecule has 0 unspecified atom stereocenters. The molecule has 0 bridgehead atoms. The standard InChI is InChI=1S/C21H23F3N4O2/c1-25-21(26-13-18(29)27-17-8-7-16(22)19(23)20(17)24)28-11-9-15(10-12-28)30-14-5-3-2-4-6-14/h2-8,15H,9-13H2,1H3,(H,25,26)(H,27,29). The number of aliphatic imine (C=N–C) groups is 1. The first-order valence-electron chi connectivity index (χ1n) is 9.58. The summed E-state index contributed by atoms with van der Waals surface area (Å²) in [7, 11) is 1.60. The summed E-state index contributed by atoms with van der Waals surface area (Å²) in [4.78, 5) is 18.2. The number of guanidine groups is 1. The highest BCUT2D eigenvalue weighted by Crippen LogP contribution is 2.20. The van der Waals surface area contributed by atoms with Crippen LogP contribution < -0.4 is 15.4 Å². The van der Waals surface area contributed by atoms with Gasteiger partial charge in [-0.1, -0.05) is 18.2 Å². The number of likely N-dealkylation sites (tertiary alicyclic amines) is 1. The van der Waals surface area contributed by atoms with Gasteiger partial charge in [0.05, 0.1) is 12.2 Å². The second-order valence-electron chi connectivity index (χ2n) is 6.79. The topological polar surface area (TPSA) is 66.0 Å². The molecule has 30 heavy (non-hydrogen) atoms. The van der Waals surface area contributed by atoms with Crippen LogP contribution in [0.5, 0.6) is 5.75 Å². The molecule has 1 amide bonds. The molecule has 2 aromatic rings. The Labute approximate surface area is 172 Å². The number of hydrogen-bond donors (Lipinski definition) is 2. The summed E-state index contributed by atoms with van der Waals surface area (Å²) in [6, 6.07) is 11.3. The van der Waals surface area contributed by atoms with Gasteiger partial charge in [0.15, 0.2) is 23.4 Å². The van der Waals surface area contributed by atoms with Gasteiger partial charge < -0.3 is 20.3 Å². The minimum absolute atomic E-state index is 0.0985. The van der Waals surface area contributed by atoms with Crippen molar-refractivity contribution in [3.8, 4) is 5.75 Å². The zero-order valence-electron chi connectivity index (χ0n) is 16.5. The quantitative estimate of drug-likeness (QED) is 0.443. The average Bonchev–Trinajstić information content (AvgIpc) is 2.76. The van der Waals surface area contributed by atoms with Crippen molar-refractivity contribution in [2.24, 2.45) is 4.99 Å². The summed E-state index contributed by atoms with van der Waals surface area (Å²) in [5.41, 5.74) is -0.422. The Bertz CT molecular complexity index is 901. The lowest BCUT2D eigenvalue weighted by molar-refractivity contribution is -0.115. The maximum Gasteiger partial charge on any atom is 0.243 e. The van der Waals surface area contributed by atoms with Crippen LogP contribution in [-0.4, -0.2) is 49.6 Å². The first kappa shape index (κ1) is 21.5. The SMILES string of the molecule is CN=C(NCC(=O)Nc1ccc(F)c(F)c1F)N1CCC(Oc2ccccc2)CC1. The number of carbonyl (C=O) groups is 1. The molecule has 1 aliphatic rings. The number of ether oxygens (including phenoxy) is 1. The molecule has 160 valence electrons. The van der Waals surface area contributed by atoms with Gasteiger partial charge in [0.25, 0.3) is 0 Å². The van der Waals surface area contributed by atoms with Crippen LogP contribution in [0.4, 0.5) is 18.9 Å². The van der Waals surface area contributed by atoms with Crippen molar-refractivity contribution in [1.29, 1.82) is 0 Å². The van der Waals surface area contributed by atoms with E-state index in [0.717, 1.165) is 30.7 Å². The molecule has 2 N–H and O–H groups in total. The number of hydrogen-bond acceptors (Lipinski definition) is 3. The van der Waals surface area contributed by atoms with Gasteiger partial charge in [0.2, 0.25) is 5.91 Å². The second-order valence-corrected chi connectivity index (χ2v) is 6.79. The lowest BCUT2D eigenvalue weighted by atomic mass is 10.1. The Morgan fingerprint density at radius 3 is 2.47 bits per heavy atom. The summed E-state index contributed by atoms with van der Waals surface area (Å²) in [5.74, 6) is -3.63. The highest BCUT2D eigenvalue weighted by atomic mass is 19.2. The molecular weight excluding hydrogens is 397 g/mol. The van der Waals surface area contributed by atoms with Crippen LogP contribution in [0.15, 0.2) is 47.5 Å². The van der Waals surface area contributed by atoms with Gasteiger partial charge in [-0.25, -0.2) is 13.2 Å². The number of benzene rings is 2. The minimum atomic E-state index is -1.63. The van der Waals surface area contributed by atoms with E-state index in [1.165, 1.54) is 0 Å². The van der Waals surface area contributed by atoms with Crippen LogP contribution in [0.2, 0.25) is 0 Å². The van der Waals surface area contributed by atoms with Crippen molar-refractivity contribution in [1.82, 2.24) is 10.2 Å². The molecular formula is C21H23F3N4O2. The van der Waals surface area contributed by atoms with Crippen LogP contribution in [0.25, 0.3) is 0 Å². The largest absolute Gasteiger partial charge is 0.490 e. The fourth-order valence-corrected chi connectivity index (χ4v) is 3.19. The van der Waals surface area contributed by atoms with Gasteiger partial charge in [0.1, 0.15) is 11.9 Å². The highest BCUT2D eigenvalue weighted by molar-refractivity contribution is 5.95. The number of anilines is 1. The van der Waals surface area contributed by atoms with Gasteiger partial charge in [-0.2, -0.15) is 0 Å². The number of rotatable bonds is 5. The normalized spacial score (nSPS) is 15.1. The van der Waals surface area contributed by atoms with Crippen molar-refractivity contribution >= 4 is 17.6 Å². The molecule has 0 aliphatic carbocycles. The molecule has 1 fully saturated rings. The molecule has 0 spiro atoms. The molecule has 0 radical (unpaired) electrons. The number of amides is 1. The van der Waals surface area contributed by atoms with E-state index in [1.54, 1.807) is 7.05 Å². The maximum absolute atomic E-state index is 13.7. The molecule has 0 aromatic heterocycles. The molecule has 1 heterocycles. The van der Waals surface area contributed by atoms with Gasteiger partial charge >= 0.3 is 0 Å². The Morgan fingerprint density at radius 2 is 1.80 bits per heavy atom. The lowest BCUT2D eigenvalue weighted by Crippen LogP contribution is -2.49. The van der Waals surface area contributed by atoms with Crippen LogP contribution >= 0.6 is 0 Å². The van der Waals surface area contributed by atoms with Crippen molar-refractivity contribution in [3.63, 3.8) is 0 Å². The number of piperidine rings is 1. The van der Waals surface area contributed by atoms with Crippen molar-refractivity contribution in [3.05, 3.63) is 59.9 Å². The molecule has 0 atom stereocenters. The highest BCUT2D eigenvalue weighted by Gasteiger charge is 2.23. The molecule has 3 rings (SSSR count). The number of nitrogens with zero attached hydrogens (tertiary/aromatic N) is 2. The van der Waals surface area contributed by atoms with Crippen molar-refractivity contribution < 1.29 is 22.7 Å². The summed E-state index contributed by atoms with van der Waals surface area (Å²) < 4.78 is 45.9. The molecule has 6 nitrogen and oxygen atoms in total. The predicted octanol–water partition coefficient (Wildman–Crippen LogP) is 3.16. The van der Waals surface area contributed by atoms with Gasteiger partial charge in [-0.3, -0.25) is 9.79 Å². The summed E-state index contributed by atoms with van der Waals surface area (Å²) in [6.45, 7) is 1.18. The Balaban J connectivity index is 1.47. The van der Waals surface area contributed by atoms with E-state index in [2.05, 4.69) is 15.6 Å². The Hall–Kier alpha value is -3.23. The Kier molecular flexibility index (Phi) is 7.16. The van der Waals surface area contributed by atoms with Crippen LogP contribution in [-0.2, 0) is 4.79 Å². The summed E-state index contributed by atoms with van der Waals surface area (Å²) in [6.07, 6.45) is 1.69. The number of carbonyl (C=O) groups excluding carboxylic acids is 1. The number of para-hydroxylation sites is 1. The van der Waals surface area contributed by atoms with E-state index in [0.29, 0.717) is 19.0 Å². The molecule has 1 aliphatic heterocycles. The first-order valence-corrected chi connectivity index (χ1v) is 9.58. The van der Waals surface area contributed by atoms with Gasteiger partial charge in [0, 0.05) is 33.0 Å². The summed E-state index contributed by atoms with van der Waals surface area (Å²) in [5, 5.41) is 5.12. The monoisotopic (exact) mass is 420 g/mol. The van der Waals surface area contributed by atoms with Crippen LogP contribution in [0.1, 0.15) is 12.8 Å². The van der Waals surface area contributed by atoms with E-state index in [-0.39, 0.29) is 12.6 Å². The second kappa shape index (κ2) is 10.00. The smallest absolute Gasteiger partial charge is 0.243 e. The maximum atomic E-state index is 13.7. The number of nitrogens with one attached hydrogen (secondary N) is 2. The zero-order chi connectivity index (χ0) is 21.5. The third kappa shape index (κ3) is 5.43. The number of halogens is 3. The van der Waals surface area contributed by atoms with Gasteiger partial charge in [-0.05, 0) is 24.3 Å². The first-order chi connectivity index (χ1) is 14.5. The third-order valence-electron chi connectivity index (χ3n) is 4.72. The molecule has 9 heteroatoms. The average molecular weight is 420 g/mol. The van der Waals surface area contributed by atoms with E-state index in [4.69, 9.17) is 4.74 Å². The molecule has 2 aromatic carbocycles. The predicted molar refractivity (Wildman–Crippen MR) is 108 cm³/mol. The van der Waals surface area contributed by atoms with E-state index in [9.17, 15) is 18.0 Å². The van der Waals surface area contributed by atoms with Gasteiger partial charge in [-0.15, -0.1) is 0 Å². The van der Waals surface area contributed by atoms with E-state index in [1.807, 2.05) is 35.2 Å². The third-order valence-corrected chi connectivity index (χ3v) is 4.72. The molecule has 0 saturated carbocycles.